The molecule has 0 spiro atoms. The Hall–Kier alpha value is -2.84. The van der Waals surface area contributed by atoms with E-state index in [-0.39, 0.29) is 59.0 Å². The van der Waals surface area contributed by atoms with Crippen molar-refractivity contribution in [3.63, 3.8) is 0 Å². The molecule has 10 nitrogen and oxygen atoms in total. The van der Waals surface area contributed by atoms with E-state index in [1.165, 1.54) is 158 Å². The Morgan fingerprint density at radius 2 is 0.815 bits per heavy atom. The SMILES string of the molecule is CCCCCCCCCCCCCCc1cc(Oc2cccc(O)c2)ccc1S(=O)(=O)O.CCCCCCCCCCCCCCc1cc(Oc2cccc([O-])c2)ccc1S(=O)(=O)[O-].[Ca+2]. The summed E-state index contributed by atoms with van der Waals surface area (Å²) in [4.78, 5) is -0.255. The first-order valence-electron chi connectivity index (χ1n) is 23.9. The van der Waals surface area contributed by atoms with Crippen molar-refractivity contribution in [2.24, 2.45) is 0 Å². The molecule has 0 saturated carbocycles. The average molecular weight is 963 g/mol. The van der Waals surface area contributed by atoms with Crippen molar-refractivity contribution in [2.45, 2.75) is 191 Å². The molecule has 0 radical (unpaired) electrons. The normalized spacial score (nSPS) is 11.4. The van der Waals surface area contributed by atoms with Crippen LogP contribution in [0, 0.1) is 0 Å². The van der Waals surface area contributed by atoms with Crippen LogP contribution in [0.1, 0.15) is 179 Å². The van der Waals surface area contributed by atoms with Crippen LogP contribution in [0.15, 0.2) is 94.7 Å². The zero-order chi connectivity index (χ0) is 46.5. The van der Waals surface area contributed by atoms with Gasteiger partial charge < -0.3 is 24.2 Å². The Labute approximate surface area is 421 Å². The van der Waals surface area contributed by atoms with Gasteiger partial charge in [0.25, 0.3) is 10.1 Å². The molecule has 0 heterocycles. The van der Waals surface area contributed by atoms with Gasteiger partial charge in [0.15, 0.2) is 0 Å². The molecule has 4 aromatic carbocycles. The minimum absolute atomic E-state index is 0. The summed E-state index contributed by atoms with van der Waals surface area (Å²) in [6, 6.07) is 21.4. The monoisotopic (exact) mass is 962 g/mol. The molecule has 4 rings (SSSR count). The molecule has 0 unspecified atom stereocenters. The van der Waals surface area contributed by atoms with Gasteiger partial charge in [-0.15, -0.1) is 5.75 Å². The Balaban J connectivity index is 0.000000440. The number of phenols is 1. The molecule has 0 amide bonds. The van der Waals surface area contributed by atoms with Gasteiger partial charge in [-0.2, -0.15) is 8.42 Å². The summed E-state index contributed by atoms with van der Waals surface area (Å²) in [5, 5.41) is 21.1. The molecule has 0 aliphatic heterocycles. The van der Waals surface area contributed by atoms with Crippen LogP contribution in [0.5, 0.6) is 34.5 Å². The van der Waals surface area contributed by atoms with Gasteiger partial charge in [-0.3, -0.25) is 4.55 Å². The Bertz CT molecular complexity index is 1970. The summed E-state index contributed by atoms with van der Waals surface area (Å²) in [6.07, 6.45) is 30.5. The van der Waals surface area contributed by atoms with Crippen LogP contribution in [-0.4, -0.2) is 68.8 Å². The average Bonchev–Trinajstić information content (AvgIpc) is 3.24. The van der Waals surface area contributed by atoms with E-state index in [1.54, 1.807) is 42.5 Å². The molecule has 0 saturated heterocycles. The molecular formula is C52H74CaO10S2. The van der Waals surface area contributed by atoms with Gasteiger partial charge in [-0.1, -0.05) is 173 Å². The number of hydrogen-bond donors (Lipinski definition) is 2. The summed E-state index contributed by atoms with van der Waals surface area (Å²) in [7, 11) is -8.84. The van der Waals surface area contributed by atoms with E-state index in [0.29, 0.717) is 47.0 Å². The van der Waals surface area contributed by atoms with E-state index in [9.17, 15) is 36.2 Å². The molecular weight excluding hydrogens is 889 g/mol. The van der Waals surface area contributed by atoms with Crippen LogP contribution in [0.3, 0.4) is 0 Å². The third kappa shape index (κ3) is 25.8. The molecule has 0 aliphatic rings. The minimum atomic E-state index is -4.55. The van der Waals surface area contributed by atoms with Crippen LogP contribution in [0.2, 0.25) is 0 Å². The first-order valence-corrected chi connectivity index (χ1v) is 26.8. The second-order valence-corrected chi connectivity index (χ2v) is 19.7. The predicted octanol–water partition coefficient (Wildman–Crippen LogP) is 14.0. The van der Waals surface area contributed by atoms with E-state index in [0.717, 1.165) is 38.5 Å². The second-order valence-electron chi connectivity index (χ2n) is 16.9. The second kappa shape index (κ2) is 33.6. The largest absolute Gasteiger partial charge is 2.00 e. The molecule has 0 aromatic heterocycles. The number of unbranched alkanes of at least 4 members (excludes halogenated alkanes) is 22. The number of aryl methyl sites for hydroxylation is 2. The number of phenolic OH excluding ortho intramolecular Hbond substituents is 1. The van der Waals surface area contributed by atoms with E-state index in [4.69, 9.17) is 9.47 Å². The van der Waals surface area contributed by atoms with E-state index >= 15 is 0 Å². The van der Waals surface area contributed by atoms with Crippen molar-refractivity contribution in [1.82, 2.24) is 0 Å². The van der Waals surface area contributed by atoms with Crippen molar-refractivity contribution in [1.29, 1.82) is 0 Å². The first-order chi connectivity index (χ1) is 30.8. The first kappa shape index (κ1) is 58.3. The van der Waals surface area contributed by atoms with Crippen molar-refractivity contribution in [2.75, 3.05) is 0 Å². The standard InChI is InChI=1S/2C26H38O5S.Ca/c2*1-2-3-4-5-6-7-8-9-10-11-12-13-15-22-20-25(18-19-26(22)32(28,29)30)31-24-17-14-16-23(27)21-24;/h2*14,16-21,27H,2-13,15H2,1H3,(H,28,29,30);/q;;+2/p-2. The topological polar surface area (TPSA) is 173 Å². The van der Waals surface area contributed by atoms with Crippen molar-refractivity contribution in [3.05, 3.63) is 96.1 Å². The maximum Gasteiger partial charge on any atom is 2.00 e. The summed E-state index contributed by atoms with van der Waals surface area (Å²) in [5.74, 6) is 1.65. The smallest absolute Gasteiger partial charge is 0.872 e. The summed E-state index contributed by atoms with van der Waals surface area (Å²) in [5.41, 5.74) is 1.03. The van der Waals surface area contributed by atoms with Gasteiger partial charge >= 0.3 is 37.7 Å². The molecule has 0 bridgehead atoms. The van der Waals surface area contributed by atoms with Crippen LogP contribution < -0.4 is 14.6 Å². The third-order valence-corrected chi connectivity index (χ3v) is 13.2. The minimum Gasteiger partial charge on any atom is -0.872 e. The predicted molar refractivity (Wildman–Crippen MR) is 260 cm³/mol. The van der Waals surface area contributed by atoms with Gasteiger partial charge in [0.05, 0.1) is 9.79 Å². The number of aromatic hydroxyl groups is 1. The van der Waals surface area contributed by atoms with Crippen molar-refractivity contribution in [3.8, 4) is 34.5 Å². The quantitative estimate of drug-likeness (QED) is 0.0272. The van der Waals surface area contributed by atoms with Crippen LogP contribution in [0.25, 0.3) is 0 Å². The van der Waals surface area contributed by atoms with Gasteiger partial charge in [-0.25, -0.2) is 8.42 Å². The summed E-state index contributed by atoms with van der Waals surface area (Å²) >= 11 is 0. The third-order valence-electron chi connectivity index (χ3n) is 11.3. The van der Waals surface area contributed by atoms with Crippen molar-refractivity contribution >= 4 is 58.0 Å². The molecule has 356 valence electrons. The van der Waals surface area contributed by atoms with Crippen molar-refractivity contribution < 1.29 is 45.6 Å². The summed E-state index contributed by atoms with van der Waals surface area (Å²) < 4.78 is 79.5. The zero-order valence-corrected chi connectivity index (χ0v) is 43.0. The van der Waals surface area contributed by atoms with Crippen LogP contribution in [0.4, 0.5) is 0 Å². The van der Waals surface area contributed by atoms with E-state index in [1.807, 2.05) is 0 Å². The number of benzene rings is 4. The van der Waals surface area contributed by atoms with Gasteiger partial charge in [0, 0.05) is 6.07 Å². The van der Waals surface area contributed by atoms with Gasteiger partial charge in [-0.05, 0) is 97.5 Å². The Morgan fingerprint density at radius 3 is 1.20 bits per heavy atom. The van der Waals surface area contributed by atoms with E-state index in [2.05, 4.69) is 13.8 Å². The molecule has 0 fully saturated rings. The molecule has 13 heteroatoms. The number of hydrogen-bond acceptors (Lipinski definition) is 9. The van der Waals surface area contributed by atoms with Crippen LogP contribution >= 0.6 is 0 Å². The molecule has 0 atom stereocenters. The maximum atomic E-state index is 11.8. The number of rotatable bonds is 32. The molecule has 4 aromatic rings. The van der Waals surface area contributed by atoms with E-state index < -0.39 is 20.2 Å². The fourth-order valence-corrected chi connectivity index (χ4v) is 9.24. The Kier molecular flexibility index (Phi) is 30.1. The fourth-order valence-electron chi connectivity index (χ4n) is 7.79. The van der Waals surface area contributed by atoms with Gasteiger partial charge in [0.2, 0.25) is 0 Å². The Morgan fingerprint density at radius 1 is 0.462 bits per heavy atom. The molecule has 65 heavy (non-hydrogen) atoms. The summed E-state index contributed by atoms with van der Waals surface area (Å²) in [6.45, 7) is 4.48. The number of ether oxygens (including phenoxy) is 2. The zero-order valence-electron chi connectivity index (χ0n) is 39.2. The molecule has 2 N–H and O–H groups in total. The fraction of sp³-hybridized carbons (Fsp3) is 0.538. The maximum absolute atomic E-state index is 11.8. The van der Waals surface area contributed by atoms with Gasteiger partial charge in [0.1, 0.15) is 38.9 Å². The van der Waals surface area contributed by atoms with Crippen LogP contribution in [-0.2, 0) is 33.1 Å². The molecule has 0 aliphatic carbocycles.